The molecule has 1 aromatic carbocycles. The molecule has 0 saturated carbocycles. The number of ether oxygens (including phenoxy) is 2. The number of benzene rings is 1. The van der Waals surface area contributed by atoms with Gasteiger partial charge in [-0.15, -0.1) is 0 Å². The number of hydrogen-bond donors (Lipinski definition) is 0. The highest BCUT2D eigenvalue weighted by atomic mass is 16.5. The molecule has 0 saturated heterocycles. The van der Waals surface area contributed by atoms with Gasteiger partial charge >= 0.3 is 0 Å². The standard InChI is InChI=1S/C14H16N2O3/c1-16-9-10(8-15-16)6-13(17)12-5-4-11(18-2)7-14(12)19-3/h4-5,7-9H,6H2,1-3H3. The monoisotopic (exact) mass is 260 g/mol. The molecule has 0 bridgehead atoms. The summed E-state index contributed by atoms with van der Waals surface area (Å²) in [5.74, 6) is 1.18. The number of Topliss-reactive ketones (excluding diaryl/α,β-unsaturated/α-hetero) is 1. The fourth-order valence-corrected chi connectivity index (χ4v) is 1.87. The Bertz CT molecular complexity index is 590. The van der Waals surface area contributed by atoms with Gasteiger partial charge in [-0.25, -0.2) is 0 Å². The zero-order valence-corrected chi connectivity index (χ0v) is 11.2. The lowest BCUT2D eigenvalue weighted by Crippen LogP contribution is -2.05. The molecule has 0 aliphatic heterocycles. The summed E-state index contributed by atoms with van der Waals surface area (Å²) in [5.41, 5.74) is 1.43. The molecule has 1 heterocycles. The first-order valence-electron chi connectivity index (χ1n) is 5.86. The van der Waals surface area contributed by atoms with E-state index in [0.29, 0.717) is 23.5 Å². The molecule has 0 unspecified atom stereocenters. The number of carbonyl (C=O) groups excluding carboxylic acids is 1. The highest BCUT2D eigenvalue weighted by molar-refractivity contribution is 6.00. The van der Waals surface area contributed by atoms with Gasteiger partial charge in [0, 0.05) is 25.7 Å². The third-order valence-electron chi connectivity index (χ3n) is 2.83. The minimum atomic E-state index is -0.00694. The number of nitrogens with zero attached hydrogens (tertiary/aromatic N) is 2. The molecule has 1 aromatic heterocycles. The lowest BCUT2D eigenvalue weighted by molar-refractivity contribution is 0.0990. The fourth-order valence-electron chi connectivity index (χ4n) is 1.87. The Morgan fingerprint density at radius 3 is 2.68 bits per heavy atom. The van der Waals surface area contributed by atoms with Gasteiger partial charge < -0.3 is 9.47 Å². The van der Waals surface area contributed by atoms with Crippen LogP contribution in [0.3, 0.4) is 0 Å². The molecule has 2 rings (SSSR count). The van der Waals surface area contributed by atoms with Gasteiger partial charge in [0.1, 0.15) is 11.5 Å². The zero-order valence-electron chi connectivity index (χ0n) is 11.2. The Morgan fingerprint density at radius 2 is 2.11 bits per heavy atom. The summed E-state index contributed by atoms with van der Waals surface area (Å²) in [6, 6.07) is 5.17. The summed E-state index contributed by atoms with van der Waals surface area (Å²) < 4.78 is 12.0. The van der Waals surface area contributed by atoms with Gasteiger partial charge in [0.25, 0.3) is 0 Å². The third kappa shape index (κ3) is 2.93. The third-order valence-corrected chi connectivity index (χ3v) is 2.83. The van der Waals surface area contributed by atoms with Crippen LogP contribution in [0.4, 0.5) is 0 Å². The first-order valence-corrected chi connectivity index (χ1v) is 5.86. The number of rotatable bonds is 5. The molecule has 0 aliphatic carbocycles. The van der Waals surface area contributed by atoms with Crippen LogP contribution in [0, 0.1) is 0 Å². The van der Waals surface area contributed by atoms with Crippen molar-refractivity contribution in [1.82, 2.24) is 9.78 Å². The molecule has 5 heteroatoms. The highest BCUT2D eigenvalue weighted by Gasteiger charge is 2.14. The maximum Gasteiger partial charge on any atom is 0.171 e. The van der Waals surface area contributed by atoms with Gasteiger partial charge in [-0.1, -0.05) is 0 Å². The van der Waals surface area contributed by atoms with Crippen LogP contribution in [-0.2, 0) is 13.5 Å². The topological polar surface area (TPSA) is 53.3 Å². The minimum absolute atomic E-state index is 0.00694. The van der Waals surface area contributed by atoms with E-state index in [1.807, 2.05) is 13.2 Å². The number of aromatic nitrogens is 2. The van der Waals surface area contributed by atoms with E-state index in [1.165, 1.54) is 7.11 Å². The number of carbonyl (C=O) groups is 1. The molecular formula is C14H16N2O3. The molecule has 2 aromatic rings. The Morgan fingerprint density at radius 1 is 1.32 bits per heavy atom. The molecule has 0 radical (unpaired) electrons. The Kier molecular flexibility index (Phi) is 3.85. The summed E-state index contributed by atoms with van der Waals surface area (Å²) >= 11 is 0. The molecule has 100 valence electrons. The summed E-state index contributed by atoms with van der Waals surface area (Å²) in [6.45, 7) is 0. The molecule has 0 amide bonds. The van der Waals surface area contributed by atoms with Crippen molar-refractivity contribution in [2.75, 3.05) is 14.2 Å². The molecule has 0 aliphatic rings. The normalized spacial score (nSPS) is 10.3. The summed E-state index contributed by atoms with van der Waals surface area (Å²) in [7, 11) is 4.93. The van der Waals surface area contributed by atoms with Crippen LogP contribution in [-0.4, -0.2) is 29.8 Å². The molecule has 0 atom stereocenters. The van der Waals surface area contributed by atoms with Gasteiger partial charge in [-0.2, -0.15) is 5.10 Å². The second kappa shape index (κ2) is 5.56. The minimum Gasteiger partial charge on any atom is -0.497 e. The van der Waals surface area contributed by atoms with E-state index in [0.717, 1.165) is 5.56 Å². The molecule has 0 N–H and O–H groups in total. The van der Waals surface area contributed by atoms with E-state index < -0.39 is 0 Å². The van der Waals surface area contributed by atoms with Crippen LogP contribution >= 0.6 is 0 Å². The SMILES string of the molecule is COc1ccc(C(=O)Cc2cnn(C)c2)c(OC)c1. The van der Waals surface area contributed by atoms with Crippen LogP contribution in [0.1, 0.15) is 15.9 Å². The van der Waals surface area contributed by atoms with E-state index >= 15 is 0 Å². The summed E-state index contributed by atoms with van der Waals surface area (Å²) in [6.07, 6.45) is 3.82. The molecular weight excluding hydrogens is 244 g/mol. The van der Waals surface area contributed by atoms with Crippen LogP contribution in [0.5, 0.6) is 11.5 Å². The summed E-state index contributed by atoms with van der Waals surface area (Å²) in [4.78, 5) is 12.2. The van der Waals surface area contributed by atoms with Crippen molar-refractivity contribution in [3.63, 3.8) is 0 Å². The Hall–Kier alpha value is -2.30. The second-order valence-electron chi connectivity index (χ2n) is 4.19. The lowest BCUT2D eigenvalue weighted by Gasteiger charge is -2.09. The van der Waals surface area contributed by atoms with Crippen molar-refractivity contribution < 1.29 is 14.3 Å². The second-order valence-corrected chi connectivity index (χ2v) is 4.19. The quantitative estimate of drug-likeness (QED) is 0.770. The average molecular weight is 260 g/mol. The number of hydrogen-bond acceptors (Lipinski definition) is 4. The van der Waals surface area contributed by atoms with Crippen molar-refractivity contribution in [1.29, 1.82) is 0 Å². The average Bonchev–Trinajstić information content (AvgIpc) is 2.83. The lowest BCUT2D eigenvalue weighted by atomic mass is 10.0. The van der Waals surface area contributed by atoms with E-state index in [2.05, 4.69) is 5.10 Å². The number of aryl methyl sites for hydroxylation is 1. The molecule has 0 fully saturated rings. The zero-order chi connectivity index (χ0) is 13.8. The molecule has 5 nitrogen and oxygen atoms in total. The van der Waals surface area contributed by atoms with Crippen molar-refractivity contribution >= 4 is 5.78 Å². The predicted octanol–water partition coefficient (Wildman–Crippen LogP) is 1.86. The summed E-state index contributed by atoms with van der Waals surface area (Å²) in [5, 5.41) is 4.05. The number of ketones is 1. The highest BCUT2D eigenvalue weighted by Crippen LogP contribution is 2.25. The fraction of sp³-hybridized carbons (Fsp3) is 0.286. The van der Waals surface area contributed by atoms with Gasteiger partial charge in [-0.3, -0.25) is 9.48 Å². The maximum atomic E-state index is 12.2. The van der Waals surface area contributed by atoms with Gasteiger partial charge in [0.15, 0.2) is 5.78 Å². The van der Waals surface area contributed by atoms with Crippen molar-refractivity contribution in [3.05, 3.63) is 41.7 Å². The van der Waals surface area contributed by atoms with Crippen LogP contribution in [0.25, 0.3) is 0 Å². The Labute approximate surface area is 111 Å². The largest absolute Gasteiger partial charge is 0.497 e. The number of methoxy groups -OCH3 is 2. The Balaban J connectivity index is 2.23. The van der Waals surface area contributed by atoms with Crippen LogP contribution < -0.4 is 9.47 Å². The molecule has 0 spiro atoms. The van der Waals surface area contributed by atoms with Crippen molar-refractivity contribution in [2.24, 2.45) is 7.05 Å². The first-order chi connectivity index (χ1) is 9.13. The van der Waals surface area contributed by atoms with E-state index in [-0.39, 0.29) is 5.78 Å². The maximum absolute atomic E-state index is 12.2. The van der Waals surface area contributed by atoms with E-state index in [4.69, 9.17) is 9.47 Å². The first kappa shape index (κ1) is 13.1. The predicted molar refractivity (Wildman–Crippen MR) is 70.8 cm³/mol. The van der Waals surface area contributed by atoms with Gasteiger partial charge in [0.05, 0.1) is 26.0 Å². The van der Waals surface area contributed by atoms with Crippen LogP contribution in [0.15, 0.2) is 30.6 Å². The smallest absolute Gasteiger partial charge is 0.171 e. The van der Waals surface area contributed by atoms with Crippen LogP contribution in [0.2, 0.25) is 0 Å². The van der Waals surface area contributed by atoms with E-state index in [1.54, 1.807) is 36.2 Å². The van der Waals surface area contributed by atoms with Crippen molar-refractivity contribution in [2.45, 2.75) is 6.42 Å². The molecule has 19 heavy (non-hydrogen) atoms. The van der Waals surface area contributed by atoms with E-state index in [9.17, 15) is 4.79 Å². The van der Waals surface area contributed by atoms with Gasteiger partial charge in [-0.05, 0) is 17.7 Å². The van der Waals surface area contributed by atoms with Gasteiger partial charge in [0.2, 0.25) is 0 Å². The van der Waals surface area contributed by atoms with Crippen molar-refractivity contribution in [3.8, 4) is 11.5 Å².